The lowest BCUT2D eigenvalue weighted by Crippen LogP contribution is -2.33. The van der Waals surface area contributed by atoms with Gasteiger partial charge < -0.3 is 10.1 Å². The normalized spacial score (nSPS) is 19.4. The third-order valence-electron chi connectivity index (χ3n) is 3.26. The van der Waals surface area contributed by atoms with Crippen molar-refractivity contribution in [3.8, 4) is 0 Å². The van der Waals surface area contributed by atoms with Crippen molar-refractivity contribution >= 4 is 21.6 Å². The summed E-state index contributed by atoms with van der Waals surface area (Å²) in [6.07, 6.45) is 2.30. The molecule has 1 aromatic rings. The van der Waals surface area contributed by atoms with Crippen LogP contribution in [0.25, 0.3) is 0 Å². The predicted octanol–water partition coefficient (Wildman–Crippen LogP) is 3.68. The molecule has 1 N–H and O–H groups in total. The zero-order chi connectivity index (χ0) is 11.4. The fourth-order valence-corrected chi connectivity index (χ4v) is 2.19. The molecule has 2 nitrogen and oxygen atoms in total. The van der Waals surface area contributed by atoms with E-state index in [9.17, 15) is 0 Å². The predicted molar refractivity (Wildman–Crippen MR) is 70.8 cm³/mol. The highest BCUT2D eigenvalue weighted by Crippen LogP contribution is 2.30. The van der Waals surface area contributed by atoms with Crippen molar-refractivity contribution in [1.82, 2.24) is 0 Å². The lowest BCUT2D eigenvalue weighted by atomic mass is 9.82. The monoisotopic (exact) mass is 283 g/mol. The van der Waals surface area contributed by atoms with E-state index in [2.05, 4.69) is 52.4 Å². The Labute approximate surface area is 106 Å². The Hall–Kier alpha value is -0.540. The summed E-state index contributed by atoms with van der Waals surface area (Å²) >= 11 is 3.44. The molecule has 1 saturated heterocycles. The third kappa shape index (κ3) is 3.22. The van der Waals surface area contributed by atoms with Crippen LogP contribution in [0, 0.1) is 5.41 Å². The third-order valence-corrected chi connectivity index (χ3v) is 3.79. The van der Waals surface area contributed by atoms with Crippen LogP contribution in [0.1, 0.15) is 19.8 Å². The molecule has 0 aromatic heterocycles. The molecule has 1 fully saturated rings. The van der Waals surface area contributed by atoms with E-state index in [0.717, 1.165) is 37.1 Å². The van der Waals surface area contributed by atoms with Gasteiger partial charge in [-0.15, -0.1) is 0 Å². The molecule has 88 valence electrons. The molecule has 2 rings (SSSR count). The standard InChI is InChI=1S/C13H18BrNO/c1-13(6-8-16-9-7-13)10-15-12-4-2-11(14)3-5-12/h2-5,15H,6-10H2,1H3. The van der Waals surface area contributed by atoms with E-state index in [1.165, 1.54) is 5.69 Å². The largest absolute Gasteiger partial charge is 0.384 e. The van der Waals surface area contributed by atoms with Crippen LogP contribution >= 0.6 is 15.9 Å². The fraction of sp³-hybridized carbons (Fsp3) is 0.538. The van der Waals surface area contributed by atoms with Crippen LogP contribution in [-0.2, 0) is 4.74 Å². The average molecular weight is 284 g/mol. The molecule has 0 saturated carbocycles. The van der Waals surface area contributed by atoms with E-state index in [4.69, 9.17) is 4.74 Å². The van der Waals surface area contributed by atoms with Gasteiger partial charge in [-0.1, -0.05) is 22.9 Å². The van der Waals surface area contributed by atoms with Gasteiger partial charge in [-0.3, -0.25) is 0 Å². The summed E-state index contributed by atoms with van der Waals surface area (Å²) < 4.78 is 6.52. The smallest absolute Gasteiger partial charge is 0.0471 e. The average Bonchev–Trinajstić information content (AvgIpc) is 2.29. The lowest BCUT2D eigenvalue weighted by molar-refractivity contribution is 0.0300. The van der Waals surface area contributed by atoms with Gasteiger partial charge in [0.05, 0.1) is 0 Å². The summed E-state index contributed by atoms with van der Waals surface area (Å²) in [5.41, 5.74) is 1.57. The van der Waals surface area contributed by atoms with E-state index >= 15 is 0 Å². The first-order valence-electron chi connectivity index (χ1n) is 5.75. The molecule has 0 bridgehead atoms. The Bertz CT molecular complexity index is 330. The highest BCUT2D eigenvalue weighted by atomic mass is 79.9. The Morgan fingerprint density at radius 3 is 2.50 bits per heavy atom. The second kappa shape index (κ2) is 5.19. The zero-order valence-electron chi connectivity index (χ0n) is 9.63. The molecule has 3 heteroatoms. The van der Waals surface area contributed by atoms with Crippen molar-refractivity contribution < 1.29 is 4.74 Å². The topological polar surface area (TPSA) is 21.3 Å². The van der Waals surface area contributed by atoms with Crippen molar-refractivity contribution in [2.75, 3.05) is 25.1 Å². The summed E-state index contributed by atoms with van der Waals surface area (Å²) in [6, 6.07) is 8.34. The maximum atomic E-state index is 5.40. The Morgan fingerprint density at radius 2 is 1.88 bits per heavy atom. The van der Waals surface area contributed by atoms with Gasteiger partial charge in [-0.2, -0.15) is 0 Å². The molecule has 1 aliphatic rings. The maximum Gasteiger partial charge on any atom is 0.0471 e. The minimum absolute atomic E-state index is 0.380. The van der Waals surface area contributed by atoms with E-state index in [0.29, 0.717) is 5.41 Å². The SMILES string of the molecule is CC1(CNc2ccc(Br)cc2)CCOCC1. The fourth-order valence-electron chi connectivity index (χ4n) is 1.92. The van der Waals surface area contributed by atoms with Crippen molar-refractivity contribution in [1.29, 1.82) is 0 Å². The molecular weight excluding hydrogens is 266 g/mol. The second-order valence-corrected chi connectivity index (χ2v) is 5.70. The van der Waals surface area contributed by atoms with Gasteiger partial charge >= 0.3 is 0 Å². The van der Waals surface area contributed by atoms with Gasteiger partial charge in [0.1, 0.15) is 0 Å². The number of ether oxygens (including phenoxy) is 1. The van der Waals surface area contributed by atoms with Crippen LogP contribution < -0.4 is 5.32 Å². The summed E-state index contributed by atoms with van der Waals surface area (Å²) in [5, 5.41) is 3.51. The summed E-state index contributed by atoms with van der Waals surface area (Å²) in [7, 11) is 0. The number of nitrogens with one attached hydrogen (secondary N) is 1. The molecule has 0 radical (unpaired) electrons. The Kier molecular flexibility index (Phi) is 3.87. The van der Waals surface area contributed by atoms with Crippen LogP contribution in [0.5, 0.6) is 0 Å². The van der Waals surface area contributed by atoms with E-state index in [1.807, 2.05) is 0 Å². The molecule has 1 heterocycles. The first kappa shape index (κ1) is 11.9. The Morgan fingerprint density at radius 1 is 1.25 bits per heavy atom. The molecule has 16 heavy (non-hydrogen) atoms. The number of anilines is 1. The number of rotatable bonds is 3. The van der Waals surface area contributed by atoms with Gasteiger partial charge in [-0.05, 0) is 42.5 Å². The van der Waals surface area contributed by atoms with Crippen molar-refractivity contribution in [3.63, 3.8) is 0 Å². The molecule has 0 amide bonds. The van der Waals surface area contributed by atoms with Crippen LogP contribution in [0.4, 0.5) is 5.69 Å². The van der Waals surface area contributed by atoms with Gasteiger partial charge in [0, 0.05) is 29.9 Å². The van der Waals surface area contributed by atoms with Gasteiger partial charge in [0.15, 0.2) is 0 Å². The first-order valence-corrected chi connectivity index (χ1v) is 6.54. The van der Waals surface area contributed by atoms with E-state index in [-0.39, 0.29) is 0 Å². The summed E-state index contributed by atoms with van der Waals surface area (Å²) in [6.45, 7) is 5.16. The lowest BCUT2D eigenvalue weighted by Gasteiger charge is -2.33. The molecule has 1 aliphatic heterocycles. The van der Waals surface area contributed by atoms with E-state index in [1.54, 1.807) is 0 Å². The first-order chi connectivity index (χ1) is 7.68. The summed E-state index contributed by atoms with van der Waals surface area (Å²) in [5.74, 6) is 0. The zero-order valence-corrected chi connectivity index (χ0v) is 11.2. The number of hydrogen-bond donors (Lipinski definition) is 1. The number of hydrogen-bond acceptors (Lipinski definition) is 2. The minimum Gasteiger partial charge on any atom is -0.384 e. The molecular formula is C13H18BrNO. The highest BCUT2D eigenvalue weighted by Gasteiger charge is 2.26. The second-order valence-electron chi connectivity index (χ2n) is 4.78. The minimum atomic E-state index is 0.380. The highest BCUT2D eigenvalue weighted by molar-refractivity contribution is 9.10. The van der Waals surface area contributed by atoms with Crippen LogP contribution in [-0.4, -0.2) is 19.8 Å². The number of halogens is 1. The van der Waals surface area contributed by atoms with Crippen molar-refractivity contribution in [3.05, 3.63) is 28.7 Å². The van der Waals surface area contributed by atoms with Gasteiger partial charge in [-0.25, -0.2) is 0 Å². The van der Waals surface area contributed by atoms with Crippen LogP contribution in [0.2, 0.25) is 0 Å². The maximum absolute atomic E-state index is 5.40. The molecule has 0 atom stereocenters. The summed E-state index contributed by atoms with van der Waals surface area (Å²) in [4.78, 5) is 0. The molecule has 0 spiro atoms. The van der Waals surface area contributed by atoms with Crippen LogP contribution in [0.15, 0.2) is 28.7 Å². The van der Waals surface area contributed by atoms with Gasteiger partial charge in [0.25, 0.3) is 0 Å². The van der Waals surface area contributed by atoms with Crippen LogP contribution in [0.3, 0.4) is 0 Å². The molecule has 0 aliphatic carbocycles. The van der Waals surface area contributed by atoms with E-state index < -0.39 is 0 Å². The quantitative estimate of drug-likeness (QED) is 0.914. The number of benzene rings is 1. The Balaban J connectivity index is 1.88. The molecule has 1 aromatic carbocycles. The van der Waals surface area contributed by atoms with Gasteiger partial charge in [0.2, 0.25) is 0 Å². The van der Waals surface area contributed by atoms with Crippen molar-refractivity contribution in [2.45, 2.75) is 19.8 Å². The molecule has 0 unspecified atom stereocenters. The van der Waals surface area contributed by atoms with Crippen molar-refractivity contribution in [2.24, 2.45) is 5.41 Å².